The van der Waals surface area contributed by atoms with Gasteiger partial charge in [0.25, 0.3) is 0 Å². The second-order valence-electron chi connectivity index (χ2n) is 9.29. The van der Waals surface area contributed by atoms with Gasteiger partial charge in [-0.05, 0) is 38.7 Å². The number of rotatable bonds is 7. The van der Waals surface area contributed by atoms with E-state index < -0.39 is 24.4 Å². The minimum absolute atomic E-state index is 0.197. The van der Waals surface area contributed by atoms with Crippen LogP contribution in [0.3, 0.4) is 0 Å². The number of benzene rings is 2. The molecule has 1 aliphatic heterocycles. The lowest BCUT2D eigenvalue weighted by atomic mass is 9.77. The maximum atomic E-state index is 12.4. The Kier molecular flexibility index (Phi) is 6.91. The van der Waals surface area contributed by atoms with Gasteiger partial charge in [0.1, 0.15) is 6.61 Å². The molecule has 8 heteroatoms. The van der Waals surface area contributed by atoms with Crippen molar-refractivity contribution in [2.75, 3.05) is 6.54 Å². The number of nitrogens with zero attached hydrogens (tertiary/aromatic N) is 1. The molecule has 2 aromatic carbocycles. The maximum Gasteiger partial charge on any atom is 0.492 e. The third-order valence-corrected chi connectivity index (χ3v) is 6.28. The number of carbonyl (C=O) groups is 1. The lowest BCUT2D eigenvalue weighted by molar-refractivity contribution is 0.00578. The Bertz CT molecular complexity index is 1130. The molecule has 176 valence electrons. The number of aromatic nitrogens is 2. The quantitative estimate of drug-likeness (QED) is 0.485. The second kappa shape index (κ2) is 9.87. The number of ether oxygens (including phenoxy) is 1. The van der Waals surface area contributed by atoms with Crippen LogP contribution in [0.25, 0.3) is 17.3 Å². The highest BCUT2D eigenvalue weighted by molar-refractivity contribution is 6.56. The summed E-state index contributed by atoms with van der Waals surface area (Å²) >= 11 is 0. The normalized spacial score (nSPS) is 16.9. The number of hydrogen-bond donors (Lipinski definition) is 2. The van der Waals surface area contributed by atoms with Crippen molar-refractivity contribution in [3.63, 3.8) is 0 Å². The number of hydrogen-bond acceptors (Lipinski definition) is 5. The third-order valence-electron chi connectivity index (χ3n) is 6.28. The summed E-state index contributed by atoms with van der Waals surface area (Å²) in [5, 5.41) is 10.1. The molecular weight excluding hydrogens is 429 g/mol. The Hall–Kier alpha value is -3.36. The van der Waals surface area contributed by atoms with Crippen LogP contribution < -0.4 is 5.32 Å². The summed E-state index contributed by atoms with van der Waals surface area (Å²) in [5.41, 5.74) is 3.41. The van der Waals surface area contributed by atoms with Gasteiger partial charge in [0.05, 0.1) is 23.1 Å². The molecule has 34 heavy (non-hydrogen) atoms. The average molecular weight is 459 g/mol. The monoisotopic (exact) mass is 459 g/mol. The number of alkyl carbamates (subject to hydrolysis) is 1. The van der Waals surface area contributed by atoms with E-state index in [1.165, 1.54) is 0 Å². The molecule has 1 amide bonds. The number of carbonyl (C=O) groups excluding carboxylic acids is 1. The van der Waals surface area contributed by atoms with Crippen molar-refractivity contribution in [2.24, 2.45) is 0 Å². The summed E-state index contributed by atoms with van der Waals surface area (Å²) in [6.07, 6.45) is 3.19. The van der Waals surface area contributed by atoms with Crippen LogP contribution in [-0.4, -0.2) is 41.2 Å². The molecule has 0 spiro atoms. The first-order valence-corrected chi connectivity index (χ1v) is 11.3. The largest absolute Gasteiger partial charge is 0.492 e. The van der Waals surface area contributed by atoms with E-state index in [0.717, 1.165) is 27.9 Å². The van der Waals surface area contributed by atoms with Gasteiger partial charge < -0.3 is 19.4 Å². The average Bonchev–Trinajstić information content (AvgIpc) is 3.37. The fourth-order valence-electron chi connectivity index (χ4n) is 3.59. The summed E-state index contributed by atoms with van der Waals surface area (Å²) in [7, 11) is -0.627. The first kappa shape index (κ1) is 23.8. The first-order chi connectivity index (χ1) is 16.2. The van der Waals surface area contributed by atoms with Gasteiger partial charge in [0.2, 0.25) is 0 Å². The van der Waals surface area contributed by atoms with Crippen LogP contribution in [0, 0.1) is 0 Å². The molecule has 4 rings (SSSR count). The highest BCUT2D eigenvalue weighted by Gasteiger charge is 2.52. The molecule has 0 aliphatic carbocycles. The molecule has 0 unspecified atom stereocenters. The van der Waals surface area contributed by atoms with E-state index in [9.17, 15) is 4.79 Å². The molecule has 0 radical (unpaired) electrons. The van der Waals surface area contributed by atoms with Crippen LogP contribution >= 0.6 is 0 Å². The van der Waals surface area contributed by atoms with Crippen LogP contribution in [-0.2, 0) is 20.7 Å². The number of amides is 1. The van der Waals surface area contributed by atoms with Crippen LogP contribution in [0.2, 0.25) is 0 Å². The molecule has 1 saturated heterocycles. The summed E-state index contributed by atoms with van der Waals surface area (Å²) in [5.74, 6) is 0. The Morgan fingerprint density at radius 2 is 1.65 bits per heavy atom. The molecule has 2 heterocycles. The van der Waals surface area contributed by atoms with E-state index in [4.69, 9.17) is 14.0 Å². The van der Waals surface area contributed by atoms with Crippen LogP contribution in [0.4, 0.5) is 4.79 Å². The predicted octanol–water partition coefficient (Wildman–Crippen LogP) is 5.02. The lowest BCUT2D eigenvalue weighted by Crippen LogP contribution is -2.41. The molecule has 2 N–H and O–H groups in total. The van der Waals surface area contributed by atoms with Crippen molar-refractivity contribution in [3.05, 3.63) is 83.5 Å². The molecule has 0 bridgehead atoms. The summed E-state index contributed by atoms with van der Waals surface area (Å²) in [4.78, 5) is 12.4. The molecule has 0 atom stereocenters. The molecular formula is C26H30BN3O4. The Morgan fingerprint density at radius 3 is 2.29 bits per heavy atom. The van der Waals surface area contributed by atoms with E-state index in [2.05, 4.69) is 15.5 Å². The maximum absolute atomic E-state index is 12.4. The Balaban J connectivity index is 1.54. The topological polar surface area (TPSA) is 85.5 Å². The molecule has 0 saturated carbocycles. The Labute approximate surface area is 200 Å². The van der Waals surface area contributed by atoms with E-state index in [0.29, 0.717) is 0 Å². The highest BCUT2D eigenvalue weighted by Crippen LogP contribution is 2.39. The van der Waals surface area contributed by atoms with Crippen LogP contribution in [0.5, 0.6) is 0 Å². The van der Waals surface area contributed by atoms with E-state index in [1.807, 2.05) is 94.4 Å². The van der Waals surface area contributed by atoms with Crippen molar-refractivity contribution in [3.8, 4) is 11.3 Å². The number of aromatic amines is 1. The summed E-state index contributed by atoms with van der Waals surface area (Å²) in [6, 6.07) is 19.5. The highest BCUT2D eigenvalue weighted by atomic mass is 16.7. The minimum atomic E-state index is -0.627. The molecule has 1 aromatic heterocycles. The van der Waals surface area contributed by atoms with E-state index in [1.54, 1.807) is 6.20 Å². The van der Waals surface area contributed by atoms with Gasteiger partial charge >= 0.3 is 13.2 Å². The van der Waals surface area contributed by atoms with Crippen molar-refractivity contribution < 1.29 is 18.8 Å². The smallest absolute Gasteiger partial charge is 0.445 e. The van der Waals surface area contributed by atoms with Gasteiger partial charge in [0.15, 0.2) is 0 Å². The van der Waals surface area contributed by atoms with E-state index >= 15 is 0 Å². The SMILES string of the molecule is CC1(C)OB(C(=Cc2cn[nH]c2-c2ccccc2)CNC(=O)OCc2ccccc2)OC1(C)C. The Morgan fingerprint density at radius 1 is 1.03 bits per heavy atom. The molecule has 3 aromatic rings. The molecule has 1 fully saturated rings. The zero-order valence-corrected chi connectivity index (χ0v) is 20.0. The fourth-order valence-corrected chi connectivity index (χ4v) is 3.59. The van der Waals surface area contributed by atoms with Gasteiger partial charge in [-0.2, -0.15) is 5.10 Å². The second-order valence-corrected chi connectivity index (χ2v) is 9.29. The summed E-state index contributed by atoms with van der Waals surface area (Å²) < 4.78 is 17.9. The molecule has 7 nitrogen and oxygen atoms in total. The van der Waals surface area contributed by atoms with Crippen molar-refractivity contribution >= 4 is 19.3 Å². The van der Waals surface area contributed by atoms with Gasteiger partial charge in [-0.15, -0.1) is 0 Å². The first-order valence-electron chi connectivity index (χ1n) is 11.3. The lowest BCUT2D eigenvalue weighted by Gasteiger charge is -2.32. The summed E-state index contributed by atoms with van der Waals surface area (Å²) in [6.45, 7) is 8.39. The van der Waals surface area contributed by atoms with Crippen molar-refractivity contribution in [1.29, 1.82) is 0 Å². The minimum Gasteiger partial charge on any atom is -0.445 e. The van der Waals surface area contributed by atoms with Gasteiger partial charge in [0, 0.05) is 17.7 Å². The standard InChI is InChI=1S/C26H30BN3O4/c1-25(2)26(3,4)34-27(33-25)22(17-28-24(31)32-18-19-11-7-5-8-12-19)15-21-16-29-30-23(21)20-13-9-6-10-14-20/h5-16H,17-18H2,1-4H3,(H,28,31)(H,29,30). The fraction of sp³-hybridized carbons (Fsp3) is 0.308. The number of nitrogens with one attached hydrogen (secondary N) is 2. The zero-order valence-electron chi connectivity index (χ0n) is 20.0. The number of H-pyrrole nitrogens is 1. The van der Waals surface area contributed by atoms with Crippen molar-refractivity contribution in [2.45, 2.75) is 45.5 Å². The van der Waals surface area contributed by atoms with Crippen LogP contribution in [0.15, 0.2) is 72.3 Å². The zero-order chi connectivity index (χ0) is 24.2. The van der Waals surface area contributed by atoms with Crippen molar-refractivity contribution in [1.82, 2.24) is 15.5 Å². The van der Waals surface area contributed by atoms with Crippen LogP contribution in [0.1, 0.15) is 38.8 Å². The van der Waals surface area contributed by atoms with Gasteiger partial charge in [-0.25, -0.2) is 4.79 Å². The van der Waals surface area contributed by atoms with Gasteiger partial charge in [-0.3, -0.25) is 5.10 Å². The third kappa shape index (κ3) is 5.40. The van der Waals surface area contributed by atoms with E-state index in [-0.39, 0.29) is 13.2 Å². The predicted molar refractivity (Wildman–Crippen MR) is 133 cm³/mol. The van der Waals surface area contributed by atoms with Gasteiger partial charge in [-0.1, -0.05) is 66.7 Å². The molecule has 1 aliphatic rings.